The maximum Gasteiger partial charge on any atom is 0.199 e. The van der Waals surface area contributed by atoms with Crippen LogP contribution in [0.25, 0.3) is 17.6 Å². The van der Waals surface area contributed by atoms with Crippen molar-refractivity contribution in [2.75, 3.05) is 6.54 Å². The number of aromatic nitrogens is 4. The SMILES string of the molecule is CCCN1C=c2[nH]c(-c3cnn(Cc4ccccc4)c3)nc2=NC1Cl. The molecule has 6 nitrogen and oxygen atoms in total. The summed E-state index contributed by atoms with van der Waals surface area (Å²) in [4.78, 5) is 14.4. The minimum absolute atomic E-state index is 0.399. The Hall–Kier alpha value is -2.60. The van der Waals surface area contributed by atoms with Crippen molar-refractivity contribution in [1.82, 2.24) is 24.6 Å². The fourth-order valence-corrected chi connectivity index (χ4v) is 3.12. The number of H-pyrrole nitrogens is 1. The van der Waals surface area contributed by atoms with Gasteiger partial charge < -0.3 is 9.88 Å². The lowest BCUT2D eigenvalue weighted by Crippen LogP contribution is -2.40. The number of hydrogen-bond donors (Lipinski definition) is 1. The zero-order valence-electron chi connectivity index (χ0n) is 13.9. The van der Waals surface area contributed by atoms with Crippen LogP contribution in [0.1, 0.15) is 18.9 Å². The molecule has 0 bridgehead atoms. The van der Waals surface area contributed by atoms with Gasteiger partial charge in [-0.3, -0.25) is 4.68 Å². The number of alkyl halides is 1. The predicted octanol–water partition coefficient (Wildman–Crippen LogP) is 1.93. The first-order valence-corrected chi connectivity index (χ1v) is 8.79. The molecule has 0 spiro atoms. The first kappa shape index (κ1) is 15.9. The molecule has 0 fully saturated rings. The van der Waals surface area contributed by atoms with Gasteiger partial charge in [0, 0.05) is 18.9 Å². The highest BCUT2D eigenvalue weighted by atomic mass is 35.5. The van der Waals surface area contributed by atoms with E-state index in [2.05, 4.69) is 39.1 Å². The third-order valence-corrected chi connectivity index (χ3v) is 4.43. The van der Waals surface area contributed by atoms with Crippen molar-refractivity contribution >= 4 is 17.8 Å². The Kier molecular flexibility index (Phi) is 4.28. The van der Waals surface area contributed by atoms with Gasteiger partial charge in [0.1, 0.15) is 11.2 Å². The zero-order chi connectivity index (χ0) is 17.2. The fraction of sp³-hybridized carbons (Fsp3) is 0.278. The molecule has 128 valence electrons. The molecule has 1 N–H and O–H groups in total. The number of rotatable bonds is 5. The summed E-state index contributed by atoms with van der Waals surface area (Å²) in [6.45, 7) is 3.71. The van der Waals surface area contributed by atoms with Crippen molar-refractivity contribution < 1.29 is 0 Å². The molecule has 1 atom stereocenters. The van der Waals surface area contributed by atoms with E-state index in [0.29, 0.717) is 5.49 Å². The van der Waals surface area contributed by atoms with Crippen LogP contribution in [0.15, 0.2) is 47.7 Å². The number of nitrogens with one attached hydrogen (secondary N) is 1. The molecule has 1 aromatic carbocycles. The zero-order valence-corrected chi connectivity index (χ0v) is 14.7. The second kappa shape index (κ2) is 6.72. The number of halogens is 1. The van der Waals surface area contributed by atoms with Crippen molar-refractivity contribution in [3.8, 4) is 11.4 Å². The van der Waals surface area contributed by atoms with Crippen molar-refractivity contribution in [2.45, 2.75) is 25.5 Å². The van der Waals surface area contributed by atoms with Crippen molar-refractivity contribution in [2.24, 2.45) is 4.99 Å². The van der Waals surface area contributed by atoms with Crippen molar-refractivity contribution in [3.05, 3.63) is 59.1 Å². The summed E-state index contributed by atoms with van der Waals surface area (Å²) >= 11 is 6.30. The van der Waals surface area contributed by atoms with Crippen molar-refractivity contribution in [3.63, 3.8) is 0 Å². The predicted molar refractivity (Wildman–Crippen MR) is 97.2 cm³/mol. The van der Waals surface area contributed by atoms with Gasteiger partial charge in [-0.25, -0.2) is 9.98 Å². The number of nitrogens with zero attached hydrogens (tertiary/aromatic N) is 5. The summed E-state index contributed by atoms with van der Waals surface area (Å²) in [6, 6.07) is 10.2. The summed E-state index contributed by atoms with van der Waals surface area (Å²) in [5.74, 6) is 0.756. The van der Waals surface area contributed by atoms with Crippen LogP contribution in [-0.4, -0.2) is 36.8 Å². The third kappa shape index (κ3) is 3.30. The Morgan fingerprint density at radius 2 is 2.08 bits per heavy atom. The molecule has 1 aliphatic heterocycles. The highest BCUT2D eigenvalue weighted by Crippen LogP contribution is 2.14. The molecule has 0 radical (unpaired) electrons. The summed E-state index contributed by atoms with van der Waals surface area (Å²) in [7, 11) is 0. The van der Waals surface area contributed by atoms with Crippen LogP contribution in [0.3, 0.4) is 0 Å². The molecule has 1 unspecified atom stereocenters. The van der Waals surface area contributed by atoms with E-state index in [1.54, 1.807) is 0 Å². The van der Waals surface area contributed by atoms with Gasteiger partial charge in [-0.15, -0.1) is 0 Å². The van der Waals surface area contributed by atoms with E-state index in [0.717, 1.165) is 36.2 Å². The molecule has 1 aliphatic rings. The molecule has 3 aromatic rings. The maximum absolute atomic E-state index is 6.30. The van der Waals surface area contributed by atoms with Gasteiger partial charge in [0.15, 0.2) is 11.1 Å². The topological polar surface area (TPSA) is 62.1 Å². The lowest BCUT2D eigenvalue weighted by molar-refractivity contribution is 0.375. The molecule has 7 heteroatoms. The summed E-state index contributed by atoms with van der Waals surface area (Å²) in [6.07, 6.45) is 6.81. The van der Waals surface area contributed by atoms with E-state index in [1.807, 2.05) is 46.4 Å². The van der Waals surface area contributed by atoms with E-state index >= 15 is 0 Å². The highest BCUT2D eigenvalue weighted by molar-refractivity contribution is 6.20. The van der Waals surface area contributed by atoms with Crippen LogP contribution in [0, 0.1) is 0 Å². The number of hydrogen-bond acceptors (Lipinski definition) is 4. The minimum atomic E-state index is -0.399. The van der Waals surface area contributed by atoms with Crippen LogP contribution >= 0.6 is 11.6 Å². The molecule has 3 heterocycles. The van der Waals surface area contributed by atoms with Gasteiger partial charge in [-0.1, -0.05) is 48.9 Å². The smallest absolute Gasteiger partial charge is 0.199 e. The summed E-state index contributed by atoms with van der Waals surface area (Å²) < 4.78 is 1.90. The van der Waals surface area contributed by atoms with E-state index < -0.39 is 5.62 Å². The van der Waals surface area contributed by atoms with Crippen LogP contribution in [0.4, 0.5) is 0 Å². The van der Waals surface area contributed by atoms with Gasteiger partial charge in [0.25, 0.3) is 0 Å². The fourth-order valence-electron chi connectivity index (χ4n) is 2.88. The van der Waals surface area contributed by atoms with Gasteiger partial charge in [0.05, 0.1) is 18.3 Å². The molecule has 4 rings (SSSR count). The molecule has 2 aromatic heterocycles. The average molecular weight is 355 g/mol. The quantitative estimate of drug-likeness (QED) is 0.562. The van der Waals surface area contributed by atoms with Gasteiger partial charge in [0.2, 0.25) is 0 Å². The van der Waals surface area contributed by atoms with Crippen molar-refractivity contribution in [1.29, 1.82) is 0 Å². The largest absolute Gasteiger partial charge is 0.341 e. The second-order valence-electron chi connectivity index (χ2n) is 6.04. The minimum Gasteiger partial charge on any atom is -0.341 e. The average Bonchev–Trinajstić information content (AvgIpc) is 3.23. The van der Waals surface area contributed by atoms with Crippen LogP contribution in [0.2, 0.25) is 0 Å². The normalized spacial score (nSPS) is 16.2. The Balaban J connectivity index is 1.61. The molecule has 0 saturated carbocycles. The monoisotopic (exact) mass is 354 g/mol. The highest BCUT2D eigenvalue weighted by Gasteiger charge is 2.16. The van der Waals surface area contributed by atoms with E-state index in [-0.39, 0.29) is 0 Å². The first-order chi connectivity index (χ1) is 12.2. The molecule has 0 aliphatic carbocycles. The van der Waals surface area contributed by atoms with Crippen LogP contribution < -0.4 is 10.8 Å². The number of fused-ring (bicyclic) bond motifs is 1. The summed E-state index contributed by atoms with van der Waals surface area (Å²) in [5.41, 5.74) is 2.39. The molecular formula is C18H19ClN6. The second-order valence-corrected chi connectivity index (χ2v) is 6.43. The lowest BCUT2D eigenvalue weighted by Gasteiger charge is -2.23. The maximum atomic E-state index is 6.30. The summed E-state index contributed by atoms with van der Waals surface area (Å²) in [5, 5.41) is 5.32. The molecule has 25 heavy (non-hydrogen) atoms. The Morgan fingerprint density at radius 1 is 1.24 bits per heavy atom. The number of imidazole rings is 1. The van der Waals surface area contributed by atoms with E-state index in [4.69, 9.17) is 11.6 Å². The Labute approximate surface area is 150 Å². The lowest BCUT2D eigenvalue weighted by atomic mass is 10.2. The van der Waals surface area contributed by atoms with Gasteiger partial charge in [-0.2, -0.15) is 5.10 Å². The third-order valence-electron chi connectivity index (χ3n) is 4.08. The Bertz CT molecular complexity index is 975. The molecular weight excluding hydrogens is 336 g/mol. The Morgan fingerprint density at radius 3 is 2.88 bits per heavy atom. The van der Waals surface area contributed by atoms with E-state index in [1.165, 1.54) is 5.56 Å². The molecule has 0 saturated heterocycles. The van der Waals surface area contributed by atoms with Crippen LogP contribution in [0.5, 0.6) is 0 Å². The number of aromatic amines is 1. The van der Waals surface area contributed by atoms with Crippen LogP contribution in [-0.2, 0) is 6.54 Å². The van der Waals surface area contributed by atoms with Gasteiger partial charge >= 0.3 is 0 Å². The first-order valence-electron chi connectivity index (χ1n) is 8.35. The number of benzene rings is 1. The van der Waals surface area contributed by atoms with E-state index in [9.17, 15) is 0 Å². The standard InChI is InChI=1S/C18H19ClN6/c1-2-8-24-12-15-17(23-18(24)19)22-16(21-15)14-9-20-25(11-14)10-13-6-4-3-5-7-13/h3-7,9,11-12,18H,2,8,10H2,1H3,(H,21,22,23). The molecule has 0 amide bonds. The van der Waals surface area contributed by atoms with Gasteiger partial charge in [-0.05, 0) is 12.0 Å².